The lowest BCUT2D eigenvalue weighted by Gasteiger charge is -2.37. The molecule has 0 N–H and O–H groups in total. The number of carbonyl (C=O) groups is 3. The van der Waals surface area contributed by atoms with E-state index in [-0.39, 0.29) is 30.3 Å². The topological polar surface area (TPSA) is 73.4 Å². The number of anilines is 1. The van der Waals surface area contributed by atoms with Crippen LogP contribution in [0.15, 0.2) is 0 Å². The SMILES string of the molecule is CCC(C(=O)N1CCc2c(sc3c2C(=O)N(C)CC(=O)N3C)C1)N1CCOCC1. The molecule has 1 saturated heterocycles. The summed E-state index contributed by atoms with van der Waals surface area (Å²) in [6.07, 6.45) is 1.41. The Morgan fingerprint density at radius 2 is 1.86 bits per heavy atom. The van der Waals surface area contributed by atoms with Crippen molar-refractivity contribution in [1.29, 1.82) is 0 Å². The maximum atomic E-state index is 13.3. The summed E-state index contributed by atoms with van der Waals surface area (Å²) in [5, 5.41) is 0.712. The largest absolute Gasteiger partial charge is 0.379 e. The number of carbonyl (C=O) groups excluding carboxylic acids is 3. The molecule has 4 heterocycles. The van der Waals surface area contributed by atoms with Crippen LogP contribution in [0.4, 0.5) is 5.00 Å². The number of hydrogen-bond donors (Lipinski definition) is 0. The summed E-state index contributed by atoms with van der Waals surface area (Å²) in [7, 11) is 3.39. The average molecular weight is 421 g/mol. The number of morpholine rings is 1. The summed E-state index contributed by atoms with van der Waals surface area (Å²) >= 11 is 1.47. The number of amides is 3. The van der Waals surface area contributed by atoms with Gasteiger partial charge in [0, 0.05) is 38.6 Å². The molecule has 0 aliphatic carbocycles. The molecule has 29 heavy (non-hydrogen) atoms. The molecule has 3 amide bonds. The van der Waals surface area contributed by atoms with Crippen LogP contribution in [-0.4, -0.2) is 92.0 Å². The van der Waals surface area contributed by atoms with E-state index < -0.39 is 0 Å². The van der Waals surface area contributed by atoms with Crippen LogP contribution in [0.5, 0.6) is 0 Å². The van der Waals surface area contributed by atoms with Crippen molar-refractivity contribution in [3.8, 4) is 0 Å². The second-order valence-corrected chi connectivity index (χ2v) is 8.96. The van der Waals surface area contributed by atoms with Crippen molar-refractivity contribution in [1.82, 2.24) is 14.7 Å². The zero-order chi connectivity index (χ0) is 20.7. The van der Waals surface area contributed by atoms with Crippen molar-refractivity contribution in [3.63, 3.8) is 0 Å². The maximum Gasteiger partial charge on any atom is 0.257 e. The molecule has 0 aromatic carbocycles. The van der Waals surface area contributed by atoms with Gasteiger partial charge < -0.3 is 19.4 Å². The number of rotatable bonds is 3. The molecule has 1 unspecified atom stereocenters. The zero-order valence-electron chi connectivity index (χ0n) is 17.3. The van der Waals surface area contributed by atoms with Gasteiger partial charge in [0.1, 0.15) is 11.5 Å². The third-order valence-electron chi connectivity index (χ3n) is 6.12. The second kappa shape index (κ2) is 8.04. The Balaban J connectivity index is 1.59. The fourth-order valence-corrected chi connectivity index (χ4v) is 5.74. The van der Waals surface area contributed by atoms with Gasteiger partial charge in [0.25, 0.3) is 5.91 Å². The molecule has 0 saturated carbocycles. The normalized spacial score (nSPS) is 21.7. The average Bonchev–Trinajstić information content (AvgIpc) is 3.09. The number of thiophene rings is 1. The molecule has 0 bridgehead atoms. The van der Waals surface area contributed by atoms with Gasteiger partial charge in [-0.15, -0.1) is 11.3 Å². The highest BCUT2D eigenvalue weighted by atomic mass is 32.1. The van der Waals surface area contributed by atoms with E-state index in [4.69, 9.17) is 4.74 Å². The van der Waals surface area contributed by atoms with Crippen LogP contribution >= 0.6 is 11.3 Å². The Morgan fingerprint density at radius 1 is 1.14 bits per heavy atom. The van der Waals surface area contributed by atoms with Crippen molar-refractivity contribution >= 4 is 34.1 Å². The summed E-state index contributed by atoms with van der Waals surface area (Å²) in [6, 6.07) is -0.129. The first kappa shape index (κ1) is 20.3. The number of likely N-dealkylation sites (N-methyl/N-ethyl adjacent to an activating group) is 2. The maximum absolute atomic E-state index is 13.3. The Kier molecular flexibility index (Phi) is 5.63. The fourth-order valence-electron chi connectivity index (χ4n) is 4.41. The molecule has 1 atom stereocenters. The molecule has 3 aliphatic rings. The van der Waals surface area contributed by atoms with Gasteiger partial charge in [0.15, 0.2) is 0 Å². The smallest absolute Gasteiger partial charge is 0.257 e. The van der Waals surface area contributed by atoms with Crippen LogP contribution in [0, 0.1) is 0 Å². The van der Waals surface area contributed by atoms with Gasteiger partial charge in [-0.1, -0.05) is 6.92 Å². The minimum absolute atomic E-state index is 0.0911. The minimum Gasteiger partial charge on any atom is -0.379 e. The molecule has 1 aromatic rings. The predicted octanol–water partition coefficient (Wildman–Crippen LogP) is 0.792. The predicted molar refractivity (Wildman–Crippen MR) is 110 cm³/mol. The molecule has 8 nitrogen and oxygen atoms in total. The molecular formula is C20H28N4O4S. The van der Waals surface area contributed by atoms with Crippen LogP contribution in [-0.2, 0) is 27.3 Å². The first-order valence-electron chi connectivity index (χ1n) is 10.2. The van der Waals surface area contributed by atoms with E-state index in [1.807, 2.05) is 4.90 Å². The molecule has 0 spiro atoms. The lowest BCUT2D eigenvalue weighted by atomic mass is 10.0. The Hall–Kier alpha value is -1.97. The van der Waals surface area contributed by atoms with E-state index in [9.17, 15) is 14.4 Å². The first-order valence-corrected chi connectivity index (χ1v) is 11.0. The molecule has 1 aromatic heterocycles. The standard InChI is InChI=1S/C20H28N4O4S/c1-4-14(23-7-9-28-10-8-23)18(26)24-6-5-13-15(11-24)29-20-17(13)19(27)21(2)12-16(25)22(20)3/h14H,4-12H2,1-3H3. The van der Waals surface area contributed by atoms with E-state index in [1.165, 1.54) is 16.2 Å². The Labute approximate surface area is 175 Å². The molecule has 9 heteroatoms. The number of fused-ring (bicyclic) bond motifs is 3. The van der Waals surface area contributed by atoms with Crippen LogP contribution in [0.25, 0.3) is 0 Å². The van der Waals surface area contributed by atoms with Crippen LogP contribution < -0.4 is 4.90 Å². The van der Waals surface area contributed by atoms with Gasteiger partial charge in [-0.05, 0) is 18.4 Å². The van der Waals surface area contributed by atoms with Crippen LogP contribution in [0.2, 0.25) is 0 Å². The van der Waals surface area contributed by atoms with Crippen LogP contribution in [0.3, 0.4) is 0 Å². The highest BCUT2D eigenvalue weighted by molar-refractivity contribution is 7.17. The van der Waals surface area contributed by atoms with E-state index in [0.29, 0.717) is 43.3 Å². The minimum atomic E-state index is -0.129. The Morgan fingerprint density at radius 3 is 2.55 bits per heavy atom. The van der Waals surface area contributed by atoms with E-state index >= 15 is 0 Å². The monoisotopic (exact) mass is 420 g/mol. The van der Waals surface area contributed by atoms with Gasteiger partial charge in [-0.25, -0.2) is 0 Å². The van der Waals surface area contributed by atoms with Crippen molar-refractivity contribution in [2.75, 3.05) is 58.4 Å². The second-order valence-electron chi connectivity index (χ2n) is 7.88. The van der Waals surface area contributed by atoms with Crippen molar-refractivity contribution < 1.29 is 19.1 Å². The summed E-state index contributed by atoms with van der Waals surface area (Å²) in [5.74, 6) is -0.0456. The van der Waals surface area contributed by atoms with E-state index in [1.54, 1.807) is 19.0 Å². The molecule has 1 fully saturated rings. The first-order chi connectivity index (χ1) is 13.9. The van der Waals surface area contributed by atoms with Gasteiger partial charge in [-0.3, -0.25) is 19.3 Å². The number of nitrogens with zero attached hydrogens (tertiary/aromatic N) is 4. The number of ether oxygens (including phenoxy) is 1. The van der Waals surface area contributed by atoms with Crippen molar-refractivity contribution in [3.05, 3.63) is 16.0 Å². The molecule has 4 rings (SSSR count). The zero-order valence-corrected chi connectivity index (χ0v) is 18.1. The van der Waals surface area contributed by atoms with Crippen molar-refractivity contribution in [2.45, 2.75) is 32.4 Å². The highest BCUT2D eigenvalue weighted by Crippen LogP contribution is 2.41. The summed E-state index contributed by atoms with van der Waals surface area (Å²) in [4.78, 5) is 46.8. The number of hydrogen-bond acceptors (Lipinski definition) is 6. The van der Waals surface area contributed by atoms with E-state index in [2.05, 4.69) is 11.8 Å². The molecule has 3 aliphatic heterocycles. The lowest BCUT2D eigenvalue weighted by molar-refractivity contribution is -0.139. The van der Waals surface area contributed by atoms with Gasteiger partial charge in [0.2, 0.25) is 11.8 Å². The fraction of sp³-hybridized carbons (Fsp3) is 0.650. The Bertz CT molecular complexity index is 833. The third-order valence-corrected chi connectivity index (χ3v) is 7.41. The van der Waals surface area contributed by atoms with Gasteiger partial charge in [-0.2, -0.15) is 0 Å². The van der Waals surface area contributed by atoms with E-state index in [0.717, 1.165) is 30.0 Å². The van der Waals surface area contributed by atoms with Crippen molar-refractivity contribution in [2.24, 2.45) is 0 Å². The third kappa shape index (κ3) is 3.55. The highest BCUT2D eigenvalue weighted by Gasteiger charge is 2.37. The summed E-state index contributed by atoms with van der Waals surface area (Å²) < 4.78 is 5.43. The lowest BCUT2D eigenvalue weighted by Crippen LogP contribution is -2.52. The quantitative estimate of drug-likeness (QED) is 0.723. The summed E-state index contributed by atoms with van der Waals surface area (Å²) in [5.41, 5.74) is 1.65. The molecular weight excluding hydrogens is 392 g/mol. The molecule has 158 valence electrons. The van der Waals surface area contributed by atoms with Gasteiger partial charge >= 0.3 is 0 Å². The summed E-state index contributed by atoms with van der Waals surface area (Å²) in [6.45, 7) is 6.15. The van der Waals surface area contributed by atoms with Crippen LogP contribution in [0.1, 0.15) is 34.1 Å². The molecule has 0 radical (unpaired) electrons. The van der Waals surface area contributed by atoms with Gasteiger partial charge in [0.05, 0.1) is 31.4 Å².